The van der Waals surface area contributed by atoms with Gasteiger partial charge in [0.2, 0.25) is 10.0 Å². The van der Waals surface area contributed by atoms with Crippen molar-refractivity contribution in [2.24, 2.45) is 0 Å². The van der Waals surface area contributed by atoms with E-state index >= 15 is 0 Å². The van der Waals surface area contributed by atoms with Crippen LogP contribution in [0, 0.1) is 5.82 Å². The molecule has 1 amide bonds. The Morgan fingerprint density at radius 3 is 2.20 bits per heavy atom. The van der Waals surface area contributed by atoms with Crippen LogP contribution in [0.1, 0.15) is 21.5 Å². The van der Waals surface area contributed by atoms with Gasteiger partial charge in [0.25, 0.3) is 5.91 Å². The number of halogens is 1. The summed E-state index contributed by atoms with van der Waals surface area (Å²) in [6.07, 6.45) is 0.279. The molecule has 0 bridgehead atoms. The molecule has 0 aliphatic rings. The molecule has 1 atom stereocenters. The molecule has 0 aliphatic carbocycles. The van der Waals surface area contributed by atoms with E-state index in [4.69, 9.17) is 4.74 Å². The topological polar surface area (TPSA) is 102 Å². The van der Waals surface area contributed by atoms with Crippen molar-refractivity contribution in [1.82, 2.24) is 10.0 Å². The van der Waals surface area contributed by atoms with E-state index in [-0.39, 0.29) is 42.2 Å². The summed E-state index contributed by atoms with van der Waals surface area (Å²) in [6.45, 7) is 0.395. The molecule has 2 N–H and O–H groups in total. The Morgan fingerprint density at radius 2 is 1.57 bits per heavy atom. The van der Waals surface area contributed by atoms with Crippen LogP contribution >= 0.6 is 0 Å². The Kier molecular flexibility index (Phi) is 9.25. The smallest absolute Gasteiger partial charge is 0.251 e. The van der Waals surface area contributed by atoms with Gasteiger partial charge in [-0.15, -0.1) is 0 Å². The highest BCUT2D eigenvalue weighted by Crippen LogP contribution is 2.14. The maximum absolute atomic E-state index is 13.2. The predicted molar refractivity (Wildman–Crippen MR) is 130 cm³/mol. The van der Waals surface area contributed by atoms with Crippen LogP contribution in [0.15, 0.2) is 83.8 Å². The minimum absolute atomic E-state index is 0.00136. The van der Waals surface area contributed by atoms with Gasteiger partial charge in [0, 0.05) is 25.6 Å². The number of ketones is 1. The van der Waals surface area contributed by atoms with Crippen molar-refractivity contribution in [1.29, 1.82) is 0 Å². The first-order chi connectivity index (χ1) is 16.8. The van der Waals surface area contributed by atoms with Crippen molar-refractivity contribution in [2.45, 2.75) is 23.8 Å². The molecule has 3 aromatic carbocycles. The van der Waals surface area contributed by atoms with Crippen molar-refractivity contribution >= 4 is 21.7 Å². The molecule has 3 aromatic rings. The molecule has 7 nitrogen and oxygen atoms in total. The van der Waals surface area contributed by atoms with Crippen molar-refractivity contribution in [2.75, 3.05) is 20.3 Å². The fourth-order valence-electron chi connectivity index (χ4n) is 3.41. The third kappa shape index (κ3) is 7.81. The van der Waals surface area contributed by atoms with Gasteiger partial charge in [0.05, 0.1) is 17.5 Å². The molecule has 0 aromatic heterocycles. The molecule has 0 heterocycles. The van der Waals surface area contributed by atoms with E-state index in [9.17, 15) is 22.4 Å². The van der Waals surface area contributed by atoms with Crippen LogP contribution in [-0.4, -0.2) is 46.4 Å². The monoisotopic (exact) mass is 498 g/mol. The lowest BCUT2D eigenvalue weighted by atomic mass is 9.97. The van der Waals surface area contributed by atoms with Gasteiger partial charge in [-0.3, -0.25) is 9.59 Å². The zero-order valence-corrected chi connectivity index (χ0v) is 20.1. The quantitative estimate of drug-likeness (QED) is 0.374. The maximum Gasteiger partial charge on any atom is 0.251 e. The van der Waals surface area contributed by atoms with Gasteiger partial charge in [0.15, 0.2) is 5.78 Å². The highest BCUT2D eigenvalue weighted by atomic mass is 32.2. The van der Waals surface area contributed by atoms with Gasteiger partial charge in [0.1, 0.15) is 5.82 Å². The molecule has 9 heteroatoms. The molecule has 0 radical (unpaired) electrons. The van der Waals surface area contributed by atoms with Crippen molar-refractivity contribution in [3.8, 4) is 0 Å². The van der Waals surface area contributed by atoms with Crippen LogP contribution in [0.25, 0.3) is 0 Å². The van der Waals surface area contributed by atoms with E-state index in [0.717, 1.165) is 5.56 Å². The number of benzene rings is 3. The van der Waals surface area contributed by atoms with Crippen molar-refractivity contribution in [3.63, 3.8) is 0 Å². The number of Topliss-reactive ketones (excluding diaryl/α,β-unsaturated/α-hetero) is 1. The normalized spacial score (nSPS) is 12.2. The van der Waals surface area contributed by atoms with Crippen LogP contribution in [0.3, 0.4) is 0 Å². The average Bonchev–Trinajstić information content (AvgIpc) is 2.85. The average molecular weight is 499 g/mol. The SMILES string of the molecule is COCCNS(=O)(=O)c1ccc(CC(=O)[C@H](Cc2ccccc2)NC(=O)c2ccc(F)cc2)cc1. The summed E-state index contributed by atoms with van der Waals surface area (Å²) in [7, 11) is -2.20. The third-order valence-corrected chi connectivity index (χ3v) is 6.77. The van der Waals surface area contributed by atoms with Gasteiger partial charge in [-0.25, -0.2) is 17.5 Å². The van der Waals surface area contributed by atoms with Gasteiger partial charge in [-0.05, 0) is 53.9 Å². The third-order valence-electron chi connectivity index (χ3n) is 5.29. The van der Waals surface area contributed by atoms with E-state index < -0.39 is 27.8 Å². The molecule has 0 fully saturated rings. The molecule has 184 valence electrons. The summed E-state index contributed by atoms with van der Waals surface area (Å²) in [6, 6.07) is 19.5. The van der Waals surface area contributed by atoms with Crippen LogP contribution < -0.4 is 10.0 Å². The Morgan fingerprint density at radius 1 is 0.914 bits per heavy atom. The van der Waals surface area contributed by atoms with Crippen LogP contribution in [-0.2, 0) is 32.4 Å². The van der Waals surface area contributed by atoms with Crippen LogP contribution in [0.2, 0.25) is 0 Å². The summed E-state index contributed by atoms with van der Waals surface area (Å²) in [5, 5.41) is 2.76. The second-order valence-electron chi connectivity index (χ2n) is 7.90. The zero-order chi connectivity index (χ0) is 25.3. The summed E-state index contributed by atoms with van der Waals surface area (Å²) in [5.41, 5.74) is 1.72. The number of carbonyl (C=O) groups excluding carboxylic acids is 2. The lowest BCUT2D eigenvalue weighted by Gasteiger charge is -2.18. The van der Waals surface area contributed by atoms with Gasteiger partial charge in [-0.1, -0.05) is 42.5 Å². The summed E-state index contributed by atoms with van der Waals surface area (Å²) < 4.78 is 45.1. The molecule has 0 saturated carbocycles. The minimum atomic E-state index is -3.68. The zero-order valence-electron chi connectivity index (χ0n) is 19.2. The second-order valence-corrected chi connectivity index (χ2v) is 9.67. The number of methoxy groups -OCH3 is 1. The fraction of sp³-hybridized carbons (Fsp3) is 0.231. The van der Waals surface area contributed by atoms with E-state index in [1.165, 1.54) is 43.5 Å². The standard InChI is InChI=1S/C26H27FN2O5S/c1-34-16-15-28-35(32,33)23-13-7-20(8-14-23)18-25(30)24(17-19-5-3-2-4-6-19)29-26(31)21-9-11-22(27)12-10-21/h2-14,24,28H,15-18H2,1H3,(H,29,31)/t24-/m0/s1. The molecular weight excluding hydrogens is 471 g/mol. The highest BCUT2D eigenvalue weighted by molar-refractivity contribution is 7.89. The van der Waals surface area contributed by atoms with Crippen molar-refractivity contribution in [3.05, 3.63) is 101 Å². The number of carbonyl (C=O) groups is 2. The number of amides is 1. The molecule has 35 heavy (non-hydrogen) atoms. The molecule has 0 unspecified atom stereocenters. The van der Waals surface area contributed by atoms with E-state index in [1.807, 2.05) is 30.3 Å². The predicted octanol–water partition coefficient (Wildman–Crippen LogP) is 2.90. The van der Waals surface area contributed by atoms with E-state index in [1.54, 1.807) is 12.1 Å². The van der Waals surface area contributed by atoms with E-state index in [2.05, 4.69) is 10.0 Å². The number of ether oxygens (including phenoxy) is 1. The number of hydrogen-bond acceptors (Lipinski definition) is 5. The molecular formula is C26H27FN2O5S. The molecule has 0 spiro atoms. The summed E-state index contributed by atoms with van der Waals surface area (Å²) in [5.74, 6) is -1.18. The van der Waals surface area contributed by atoms with E-state index in [0.29, 0.717) is 5.56 Å². The number of sulfonamides is 1. The lowest BCUT2D eigenvalue weighted by Crippen LogP contribution is -2.43. The summed E-state index contributed by atoms with van der Waals surface area (Å²) in [4.78, 5) is 26.0. The lowest BCUT2D eigenvalue weighted by molar-refractivity contribution is -0.120. The number of nitrogens with one attached hydrogen (secondary N) is 2. The largest absolute Gasteiger partial charge is 0.383 e. The second kappa shape index (κ2) is 12.3. The minimum Gasteiger partial charge on any atom is -0.383 e. The highest BCUT2D eigenvalue weighted by Gasteiger charge is 2.23. The van der Waals surface area contributed by atoms with Gasteiger partial charge in [-0.2, -0.15) is 0 Å². The Bertz CT molecular complexity index is 1230. The number of rotatable bonds is 12. The maximum atomic E-state index is 13.2. The fourth-order valence-corrected chi connectivity index (χ4v) is 4.42. The first-order valence-corrected chi connectivity index (χ1v) is 12.5. The van der Waals surface area contributed by atoms with Crippen LogP contribution in [0.4, 0.5) is 4.39 Å². The molecule has 0 aliphatic heterocycles. The molecule has 0 saturated heterocycles. The van der Waals surface area contributed by atoms with Crippen molar-refractivity contribution < 1.29 is 27.1 Å². The van der Waals surface area contributed by atoms with Gasteiger partial charge >= 0.3 is 0 Å². The molecule has 3 rings (SSSR count). The Labute approximate surface area is 204 Å². The Hall–Kier alpha value is -3.40. The summed E-state index contributed by atoms with van der Waals surface area (Å²) >= 11 is 0. The first kappa shape index (κ1) is 26.2. The number of hydrogen-bond donors (Lipinski definition) is 2. The van der Waals surface area contributed by atoms with Crippen LogP contribution in [0.5, 0.6) is 0 Å². The van der Waals surface area contributed by atoms with Gasteiger partial charge < -0.3 is 10.1 Å². The Balaban J connectivity index is 1.73. The first-order valence-electron chi connectivity index (χ1n) is 11.0.